The van der Waals surface area contributed by atoms with Gasteiger partial charge >= 0.3 is 0 Å². The molecule has 23 rings (SSSR count). The van der Waals surface area contributed by atoms with Gasteiger partial charge in [-0.25, -0.2) is 0 Å². The monoisotopic (exact) mass is 1370 g/mol. The molecule has 504 valence electrons. The molecule has 0 bridgehead atoms. The lowest BCUT2D eigenvalue weighted by Gasteiger charge is -2.30. The van der Waals surface area contributed by atoms with Crippen LogP contribution >= 0.6 is 0 Å². The molecule has 2 unspecified atom stereocenters. The SMILES string of the molecule is C1=CC2c3cc(-c4ccc5c(c4)c4cc(-c6ccc7c(c6)c6ccccc6n7-c6ccccc6)ccc4n5-c4ccccc4)ccc3N(c3ccccc3)C2C=C1c1ccc2c3ccccc3n(-c3ccc4c(c3)c3cc(-n5c6ccccc6c6ccccc65)ccc3n4-c3ccc(-c4ccccc4)cc3)c2c1. The summed E-state index contributed by atoms with van der Waals surface area (Å²) >= 11 is 0. The molecule has 6 heteroatoms. The van der Waals surface area contributed by atoms with Crippen LogP contribution in [0.5, 0.6) is 0 Å². The number of anilines is 2. The largest absolute Gasteiger partial charge is 0.333 e. The van der Waals surface area contributed by atoms with Gasteiger partial charge in [-0.3, -0.25) is 0 Å². The van der Waals surface area contributed by atoms with Crippen LogP contribution in [0, 0.1) is 0 Å². The molecule has 0 spiro atoms. The van der Waals surface area contributed by atoms with Crippen LogP contribution in [0.2, 0.25) is 0 Å². The predicted molar refractivity (Wildman–Crippen MR) is 453 cm³/mol. The highest BCUT2D eigenvalue weighted by atomic mass is 15.2. The van der Waals surface area contributed by atoms with Gasteiger partial charge in [0, 0.05) is 99.6 Å². The minimum atomic E-state index is 0.0275. The van der Waals surface area contributed by atoms with E-state index in [1.807, 2.05) is 0 Å². The van der Waals surface area contributed by atoms with E-state index in [0.29, 0.717) is 0 Å². The van der Waals surface area contributed by atoms with Gasteiger partial charge in [-0.15, -0.1) is 0 Å². The van der Waals surface area contributed by atoms with Gasteiger partial charge in [0.25, 0.3) is 0 Å². The first-order valence-electron chi connectivity index (χ1n) is 37.4. The third kappa shape index (κ3) is 9.14. The summed E-state index contributed by atoms with van der Waals surface area (Å²) in [6.45, 7) is 0. The van der Waals surface area contributed by atoms with Crippen LogP contribution in [0.4, 0.5) is 11.4 Å². The second-order valence-electron chi connectivity index (χ2n) is 29.1. The highest BCUT2D eigenvalue weighted by Gasteiger charge is 2.39. The number of nitrogens with zero attached hydrogens (tertiary/aromatic N) is 6. The van der Waals surface area contributed by atoms with Crippen LogP contribution in [0.3, 0.4) is 0 Å². The molecule has 2 aliphatic rings. The van der Waals surface area contributed by atoms with E-state index in [1.165, 1.54) is 159 Å². The maximum absolute atomic E-state index is 2.58. The molecule has 6 nitrogen and oxygen atoms in total. The summed E-state index contributed by atoms with van der Waals surface area (Å²) in [5.41, 5.74) is 30.7. The first-order chi connectivity index (χ1) is 53.6. The van der Waals surface area contributed by atoms with Crippen LogP contribution in [-0.4, -0.2) is 28.9 Å². The Morgan fingerprint density at radius 3 is 1.02 bits per heavy atom. The van der Waals surface area contributed by atoms with E-state index in [1.54, 1.807) is 0 Å². The van der Waals surface area contributed by atoms with Gasteiger partial charge in [0.1, 0.15) is 0 Å². The molecule has 2 atom stereocenters. The zero-order valence-electron chi connectivity index (χ0n) is 58.8. The highest BCUT2D eigenvalue weighted by Crippen LogP contribution is 2.52. The van der Waals surface area contributed by atoms with E-state index in [9.17, 15) is 0 Å². The van der Waals surface area contributed by atoms with Crippen molar-refractivity contribution in [2.24, 2.45) is 0 Å². The Labute approximate surface area is 622 Å². The minimum absolute atomic E-state index is 0.0275. The van der Waals surface area contributed by atoms with E-state index in [4.69, 9.17) is 0 Å². The summed E-state index contributed by atoms with van der Waals surface area (Å²) in [6, 6.07) is 137. The Balaban J connectivity index is 0.634. The fourth-order valence-electron chi connectivity index (χ4n) is 18.5. The van der Waals surface area contributed by atoms with E-state index >= 15 is 0 Å². The summed E-state index contributed by atoms with van der Waals surface area (Å²) in [4.78, 5) is 2.58. The Morgan fingerprint density at radius 1 is 0.194 bits per heavy atom. The van der Waals surface area contributed by atoms with Gasteiger partial charge in [-0.2, -0.15) is 0 Å². The first-order valence-corrected chi connectivity index (χ1v) is 37.4. The molecular formula is C102H66N6. The van der Waals surface area contributed by atoms with Crippen molar-refractivity contribution in [3.63, 3.8) is 0 Å². The third-order valence-corrected chi connectivity index (χ3v) is 23.4. The van der Waals surface area contributed by atoms with Crippen molar-refractivity contribution in [1.82, 2.24) is 22.8 Å². The van der Waals surface area contributed by atoms with Crippen molar-refractivity contribution < 1.29 is 0 Å². The lowest BCUT2D eigenvalue weighted by Crippen LogP contribution is -2.29. The summed E-state index contributed by atoms with van der Waals surface area (Å²) in [7, 11) is 0. The molecule has 16 aromatic carbocycles. The molecule has 108 heavy (non-hydrogen) atoms. The average molecular weight is 1380 g/mol. The number of allylic oxidation sites excluding steroid dienone is 2. The van der Waals surface area contributed by atoms with E-state index in [0.717, 1.165) is 39.5 Å². The summed E-state index contributed by atoms with van der Waals surface area (Å²) in [5.74, 6) is 0.107. The Kier molecular flexibility index (Phi) is 13.2. The standard InChI is InChI=1S/C102H66N6/c1-5-21-65(22-6-1)66-37-45-76(46-38-66)105-99-55-47-77(107-91-33-17-13-29-79(91)80-30-14-18-34-92(80)107)63-89(99)90-64-78(48-56-100(90)105)108-93-35-19-15-31-81(93)83-49-39-71(61-101(83)108)72-40-50-84-86-58-68(42-52-96(86)106(102(84)62-72)75-27-11-4-12-28-75)70-44-54-98-88(60-70)87-59-69(43-53-97(87)104(98)74-25-9-3-10-26-74)67-41-51-95-85(57-67)82-32-16-20-36-94(82)103(95)73-23-7-2-8-24-73/h1-64,84,102H. The van der Waals surface area contributed by atoms with E-state index in [-0.39, 0.29) is 12.0 Å². The lowest BCUT2D eigenvalue weighted by atomic mass is 9.85. The number of aromatic nitrogens is 5. The zero-order chi connectivity index (χ0) is 70.7. The predicted octanol–water partition coefficient (Wildman–Crippen LogP) is 26.4. The molecule has 0 fully saturated rings. The van der Waals surface area contributed by atoms with Crippen molar-refractivity contribution in [1.29, 1.82) is 0 Å². The molecule has 0 amide bonds. The fourth-order valence-corrected chi connectivity index (χ4v) is 18.5. The average Bonchev–Trinajstić information content (AvgIpc) is 1.52. The smallest absolute Gasteiger partial charge is 0.0635 e. The minimum Gasteiger partial charge on any atom is -0.333 e. The number of hydrogen-bond donors (Lipinski definition) is 0. The normalized spacial score (nSPS) is 14.3. The molecule has 0 N–H and O–H groups in total. The fraction of sp³-hybridized carbons (Fsp3) is 0.0196. The molecule has 6 heterocycles. The van der Waals surface area contributed by atoms with Crippen molar-refractivity contribution in [3.8, 4) is 61.8 Å². The topological polar surface area (TPSA) is 27.9 Å². The second-order valence-corrected chi connectivity index (χ2v) is 29.1. The van der Waals surface area contributed by atoms with Gasteiger partial charge < -0.3 is 27.7 Å². The van der Waals surface area contributed by atoms with Crippen molar-refractivity contribution in [2.45, 2.75) is 12.0 Å². The highest BCUT2D eigenvalue weighted by molar-refractivity contribution is 6.17. The lowest BCUT2D eigenvalue weighted by molar-refractivity contribution is 0.747. The summed E-state index contributed by atoms with van der Waals surface area (Å²) in [5, 5.41) is 12.3. The molecule has 0 saturated carbocycles. The van der Waals surface area contributed by atoms with Gasteiger partial charge in [-0.05, 0) is 214 Å². The Bertz CT molecular complexity index is 7290. The van der Waals surface area contributed by atoms with Gasteiger partial charge in [0.05, 0.1) is 61.2 Å². The maximum Gasteiger partial charge on any atom is 0.0635 e. The van der Waals surface area contributed by atoms with Crippen molar-refractivity contribution in [3.05, 3.63) is 399 Å². The van der Waals surface area contributed by atoms with Gasteiger partial charge in [0.15, 0.2) is 0 Å². The van der Waals surface area contributed by atoms with E-state index in [2.05, 4.69) is 416 Å². The number of rotatable bonds is 10. The molecule has 0 saturated heterocycles. The van der Waals surface area contributed by atoms with Crippen LogP contribution in [0.1, 0.15) is 17.0 Å². The number of para-hydroxylation sites is 7. The van der Waals surface area contributed by atoms with Gasteiger partial charge in [0.2, 0.25) is 0 Å². The van der Waals surface area contributed by atoms with Crippen LogP contribution < -0.4 is 4.90 Å². The van der Waals surface area contributed by atoms with Crippen LogP contribution in [-0.2, 0) is 0 Å². The quantitative estimate of drug-likeness (QED) is 0.134. The summed E-state index contributed by atoms with van der Waals surface area (Å²) in [6.07, 6.45) is 7.41. The summed E-state index contributed by atoms with van der Waals surface area (Å²) < 4.78 is 12.2. The molecular weight excluding hydrogens is 1310 g/mol. The Morgan fingerprint density at radius 2 is 0.519 bits per heavy atom. The molecule has 1 aliphatic heterocycles. The second kappa shape index (κ2) is 23.7. The maximum atomic E-state index is 2.58. The third-order valence-electron chi connectivity index (χ3n) is 23.4. The number of hydrogen-bond acceptors (Lipinski definition) is 1. The van der Waals surface area contributed by atoms with Crippen molar-refractivity contribution >= 4 is 126 Å². The molecule has 21 aromatic rings. The molecule has 1 aliphatic carbocycles. The van der Waals surface area contributed by atoms with Crippen LogP contribution in [0.25, 0.3) is 176 Å². The van der Waals surface area contributed by atoms with E-state index < -0.39 is 0 Å². The molecule has 5 aromatic heterocycles. The van der Waals surface area contributed by atoms with Gasteiger partial charge in [-0.1, -0.05) is 224 Å². The number of benzene rings is 16. The number of fused-ring (bicyclic) bond motifs is 18. The zero-order valence-corrected chi connectivity index (χ0v) is 58.8. The first kappa shape index (κ1) is 60.2. The molecule has 0 radical (unpaired) electrons. The Hall–Kier alpha value is -14.2. The van der Waals surface area contributed by atoms with Crippen molar-refractivity contribution in [2.75, 3.05) is 4.90 Å². The van der Waals surface area contributed by atoms with Crippen LogP contribution in [0.15, 0.2) is 388 Å².